The molecule has 0 fully saturated rings. The minimum absolute atomic E-state index is 0.0320. The summed E-state index contributed by atoms with van der Waals surface area (Å²) < 4.78 is 7.61. The van der Waals surface area contributed by atoms with Crippen molar-refractivity contribution in [2.75, 3.05) is 0 Å². The lowest BCUT2D eigenvalue weighted by molar-refractivity contribution is 0.160. The van der Waals surface area contributed by atoms with Gasteiger partial charge in [-0.25, -0.2) is 0 Å². The highest BCUT2D eigenvalue weighted by Crippen LogP contribution is 2.38. The molecule has 0 amide bonds. The van der Waals surface area contributed by atoms with Crippen LogP contribution in [0, 0.1) is 0 Å². The van der Waals surface area contributed by atoms with Gasteiger partial charge in [0.2, 0.25) is 0 Å². The maximum absolute atomic E-state index is 7.61. The van der Waals surface area contributed by atoms with Crippen LogP contribution in [-0.2, 0) is 4.43 Å². The summed E-state index contributed by atoms with van der Waals surface area (Å²) in [4.78, 5) is 0. The fraction of sp³-hybridized carbons (Fsp3) is 0.568. The van der Waals surface area contributed by atoms with Gasteiger partial charge < -0.3 is 4.43 Å². The first kappa shape index (κ1) is 33.3. The summed E-state index contributed by atoms with van der Waals surface area (Å²) in [5, 5.41) is 2.83. The lowest BCUT2D eigenvalue weighted by Crippen LogP contribution is -2.67. The van der Waals surface area contributed by atoms with E-state index in [2.05, 4.69) is 94.6 Å². The van der Waals surface area contributed by atoms with Gasteiger partial charge in [-0.3, -0.25) is 0 Å². The van der Waals surface area contributed by atoms with Crippen LogP contribution in [0.2, 0.25) is 5.04 Å². The standard InChI is InChI=1S/C37H58OSi/c1-6-8-10-12-14-16-18-22-28-34(29-23-19-17-15-13-11-9-7-2)38-39(37(3,4)5,35-30-24-20-25-31-35)36-32-26-21-27-33-36/h6-7,20-21,24-27,30-34H,1-2,8-19,22-23,28-29H2,3-5H3. The normalized spacial score (nSPS) is 12.1. The molecule has 0 aromatic heterocycles. The molecule has 0 heterocycles. The topological polar surface area (TPSA) is 9.23 Å². The molecule has 0 aliphatic carbocycles. The second kappa shape index (κ2) is 19.2. The van der Waals surface area contributed by atoms with Crippen molar-refractivity contribution in [3.63, 3.8) is 0 Å². The molecule has 2 heteroatoms. The summed E-state index contributed by atoms with van der Waals surface area (Å²) in [6.07, 6.45) is 24.9. The van der Waals surface area contributed by atoms with Crippen LogP contribution >= 0.6 is 0 Å². The lowest BCUT2D eigenvalue weighted by Gasteiger charge is -2.45. The second-order valence-corrected chi connectivity index (χ2v) is 16.6. The van der Waals surface area contributed by atoms with E-state index in [-0.39, 0.29) is 5.04 Å². The minimum Gasteiger partial charge on any atom is -0.404 e. The molecule has 0 bridgehead atoms. The molecule has 2 aromatic rings. The number of unbranched alkanes of at least 4 members (excludes halogenated alkanes) is 12. The Labute approximate surface area is 243 Å². The van der Waals surface area contributed by atoms with E-state index in [0.717, 1.165) is 12.8 Å². The first-order valence-corrected chi connectivity index (χ1v) is 17.9. The Bertz CT molecular complexity index is 819. The fourth-order valence-corrected chi connectivity index (χ4v) is 10.7. The predicted octanol–water partition coefficient (Wildman–Crippen LogP) is 10.5. The zero-order chi connectivity index (χ0) is 28.2. The van der Waals surface area contributed by atoms with Crippen molar-refractivity contribution in [2.24, 2.45) is 0 Å². The summed E-state index contributed by atoms with van der Waals surface area (Å²) in [7, 11) is -2.51. The van der Waals surface area contributed by atoms with Crippen LogP contribution in [0.5, 0.6) is 0 Å². The van der Waals surface area contributed by atoms with E-state index < -0.39 is 8.32 Å². The Hall–Kier alpha value is -1.90. The monoisotopic (exact) mass is 546 g/mol. The number of rotatable bonds is 22. The minimum atomic E-state index is -2.51. The predicted molar refractivity (Wildman–Crippen MR) is 177 cm³/mol. The molecule has 39 heavy (non-hydrogen) atoms. The quantitative estimate of drug-likeness (QED) is 0.0810. The van der Waals surface area contributed by atoms with Crippen molar-refractivity contribution in [2.45, 2.75) is 135 Å². The highest BCUT2D eigenvalue weighted by atomic mass is 28.4. The zero-order valence-electron chi connectivity index (χ0n) is 25.6. The Morgan fingerprint density at radius 1 is 0.590 bits per heavy atom. The molecular formula is C37H58OSi. The molecule has 0 saturated heterocycles. The summed E-state index contributed by atoms with van der Waals surface area (Å²) in [5.74, 6) is 0. The van der Waals surface area contributed by atoms with Crippen molar-refractivity contribution in [1.82, 2.24) is 0 Å². The molecule has 0 aliphatic heterocycles. The van der Waals surface area contributed by atoms with Crippen LogP contribution in [0.3, 0.4) is 0 Å². The Kier molecular flexibility index (Phi) is 16.4. The number of allylic oxidation sites excluding steroid dienone is 2. The third kappa shape index (κ3) is 11.6. The van der Waals surface area contributed by atoms with Crippen molar-refractivity contribution in [1.29, 1.82) is 0 Å². The molecule has 2 rings (SSSR count). The average molecular weight is 547 g/mol. The van der Waals surface area contributed by atoms with E-state index >= 15 is 0 Å². The average Bonchev–Trinajstić information content (AvgIpc) is 2.94. The van der Waals surface area contributed by atoms with Gasteiger partial charge in [0.1, 0.15) is 0 Å². The highest BCUT2D eigenvalue weighted by Gasteiger charge is 2.51. The molecule has 0 spiro atoms. The molecular weight excluding hydrogens is 488 g/mol. The van der Waals surface area contributed by atoms with Gasteiger partial charge in [0.05, 0.1) is 0 Å². The smallest absolute Gasteiger partial charge is 0.261 e. The first-order chi connectivity index (χ1) is 19.0. The van der Waals surface area contributed by atoms with E-state index in [1.807, 2.05) is 12.2 Å². The van der Waals surface area contributed by atoms with Crippen LogP contribution in [0.25, 0.3) is 0 Å². The second-order valence-electron chi connectivity index (χ2n) is 12.4. The number of hydrogen-bond donors (Lipinski definition) is 0. The van der Waals surface area contributed by atoms with Crippen LogP contribution in [0.1, 0.15) is 124 Å². The summed E-state index contributed by atoms with van der Waals surface area (Å²) >= 11 is 0. The number of hydrogen-bond acceptors (Lipinski definition) is 1. The molecule has 2 aromatic carbocycles. The maximum Gasteiger partial charge on any atom is 0.261 e. The van der Waals surface area contributed by atoms with E-state index in [1.165, 1.54) is 100 Å². The third-order valence-electron chi connectivity index (χ3n) is 8.13. The van der Waals surface area contributed by atoms with Crippen LogP contribution < -0.4 is 10.4 Å². The van der Waals surface area contributed by atoms with E-state index in [4.69, 9.17) is 4.43 Å². The lowest BCUT2D eigenvalue weighted by atomic mass is 10.0. The van der Waals surface area contributed by atoms with Gasteiger partial charge in [0.25, 0.3) is 8.32 Å². The third-order valence-corrected chi connectivity index (χ3v) is 13.2. The van der Waals surface area contributed by atoms with Gasteiger partial charge in [0, 0.05) is 6.10 Å². The molecule has 0 saturated carbocycles. The Morgan fingerprint density at radius 2 is 0.949 bits per heavy atom. The fourth-order valence-electron chi connectivity index (χ4n) is 5.94. The van der Waals surface area contributed by atoms with Crippen LogP contribution in [0.4, 0.5) is 0 Å². The van der Waals surface area contributed by atoms with Gasteiger partial charge >= 0.3 is 0 Å². The molecule has 0 radical (unpaired) electrons. The van der Waals surface area contributed by atoms with E-state index in [1.54, 1.807) is 0 Å². The van der Waals surface area contributed by atoms with Crippen molar-refractivity contribution in [3.8, 4) is 0 Å². The molecule has 1 nitrogen and oxygen atoms in total. The summed E-state index contributed by atoms with van der Waals surface area (Å²) in [5.41, 5.74) is 0. The molecule has 0 N–H and O–H groups in total. The van der Waals surface area contributed by atoms with Gasteiger partial charge in [0.15, 0.2) is 0 Å². The maximum atomic E-state index is 7.61. The van der Waals surface area contributed by atoms with Crippen molar-refractivity contribution in [3.05, 3.63) is 86.0 Å². The van der Waals surface area contributed by atoms with Gasteiger partial charge in [-0.15, -0.1) is 13.2 Å². The van der Waals surface area contributed by atoms with Crippen LogP contribution in [0.15, 0.2) is 86.0 Å². The van der Waals surface area contributed by atoms with Crippen molar-refractivity contribution < 1.29 is 4.43 Å². The molecule has 216 valence electrons. The van der Waals surface area contributed by atoms with Gasteiger partial charge in [-0.2, -0.15) is 0 Å². The zero-order valence-corrected chi connectivity index (χ0v) is 26.6. The van der Waals surface area contributed by atoms with E-state index in [9.17, 15) is 0 Å². The summed E-state index contributed by atoms with van der Waals surface area (Å²) in [6, 6.07) is 22.4. The molecule has 0 aliphatic rings. The van der Waals surface area contributed by atoms with Crippen LogP contribution in [-0.4, -0.2) is 14.4 Å². The van der Waals surface area contributed by atoms with Crippen molar-refractivity contribution >= 4 is 18.7 Å². The molecule has 0 atom stereocenters. The van der Waals surface area contributed by atoms with Gasteiger partial charge in [-0.1, -0.05) is 158 Å². The summed E-state index contributed by atoms with van der Waals surface area (Å²) in [6.45, 7) is 14.9. The largest absolute Gasteiger partial charge is 0.404 e. The highest BCUT2D eigenvalue weighted by molar-refractivity contribution is 6.99. The Morgan fingerprint density at radius 3 is 1.31 bits per heavy atom. The van der Waals surface area contributed by atoms with Gasteiger partial charge in [-0.05, 0) is 53.9 Å². The SMILES string of the molecule is C=CCCCCCCCCC(CCCCCCCCC=C)O[Si](c1ccccc1)(c1ccccc1)C(C)(C)C. The Balaban J connectivity index is 2.15. The number of benzene rings is 2. The molecule has 0 unspecified atom stereocenters. The van der Waals surface area contributed by atoms with E-state index in [0.29, 0.717) is 6.10 Å². The first-order valence-electron chi connectivity index (χ1n) is 16.0.